The Morgan fingerprint density at radius 2 is 1.50 bits per heavy atom. The molecular formula is C22H39BN2O4Sn. The van der Waals surface area contributed by atoms with Gasteiger partial charge in [0.15, 0.2) is 0 Å². The Morgan fingerprint density at radius 3 is 1.90 bits per heavy atom. The van der Waals surface area contributed by atoms with Crippen molar-refractivity contribution in [3.63, 3.8) is 0 Å². The number of ether oxygens (including phenoxy) is 2. The molecule has 1 aliphatic heterocycles. The average molecular weight is 525 g/mol. The number of rotatable bonds is 7. The topological polar surface area (TPSA) is 59.1 Å². The second kappa shape index (κ2) is 10.2. The zero-order chi connectivity index (χ0) is 22.7. The van der Waals surface area contributed by atoms with Crippen molar-refractivity contribution in [3.05, 3.63) is 20.7 Å². The van der Waals surface area contributed by atoms with Crippen LogP contribution in [-0.2, 0) is 19.1 Å². The number of carbonyl (C=O) groups is 2. The quantitative estimate of drug-likeness (QED) is 0.289. The van der Waals surface area contributed by atoms with Gasteiger partial charge in [-0.2, -0.15) is 0 Å². The van der Waals surface area contributed by atoms with E-state index in [1.54, 1.807) is 13.8 Å². The van der Waals surface area contributed by atoms with Crippen LogP contribution in [0.5, 0.6) is 0 Å². The summed E-state index contributed by atoms with van der Waals surface area (Å²) >= 11 is -2.46. The maximum atomic E-state index is 13.1. The number of allylic oxidation sites excluding steroid dienone is 3. The number of likely N-dealkylation sites (N-methyl/N-ethyl adjacent to an activating group) is 2. The number of hydrogen-bond donors (Lipinski definition) is 0. The first-order valence-corrected chi connectivity index (χ1v) is 21.2. The Balaban J connectivity index is 2.66. The van der Waals surface area contributed by atoms with Gasteiger partial charge in [0.05, 0.1) is 0 Å². The SMILES string of the molecule is CCOC(=O)C1(C(=O)OCC)CC(=CB2N(C)CCN2C)C(=[C](CC)[Sn]([CH3])([CH3])[CH3])C1. The molecule has 8 heteroatoms. The van der Waals surface area contributed by atoms with E-state index in [2.05, 4.69) is 51.4 Å². The fraction of sp³-hybridized carbons (Fsp3) is 0.727. The summed E-state index contributed by atoms with van der Waals surface area (Å²) in [6.07, 6.45) is 1.72. The van der Waals surface area contributed by atoms with Crippen LogP contribution in [0.2, 0.25) is 14.8 Å². The van der Waals surface area contributed by atoms with Crippen LogP contribution in [0.15, 0.2) is 20.7 Å². The first kappa shape index (κ1) is 25.5. The van der Waals surface area contributed by atoms with Crippen LogP contribution in [-0.4, -0.2) is 87.3 Å². The molecule has 1 saturated heterocycles. The van der Waals surface area contributed by atoms with Crippen LogP contribution in [0.3, 0.4) is 0 Å². The Morgan fingerprint density at radius 1 is 1.00 bits per heavy atom. The molecule has 0 atom stereocenters. The molecule has 2 fully saturated rings. The second-order valence-corrected chi connectivity index (χ2v) is 24.1. The summed E-state index contributed by atoms with van der Waals surface area (Å²) in [6, 6.07) is 0. The van der Waals surface area contributed by atoms with Gasteiger partial charge in [-0.15, -0.1) is 0 Å². The Hall–Kier alpha value is -0.796. The van der Waals surface area contributed by atoms with E-state index < -0.39 is 35.7 Å². The van der Waals surface area contributed by atoms with E-state index in [1.807, 2.05) is 0 Å². The summed E-state index contributed by atoms with van der Waals surface area (Å²) in [7, 11) is 4.24. The Bertz CT molecular complexity index is 701. The van der Waals surface area contributed by atoms with E-state index in [9.17, 15) is 9.59 Å². The van der Waals surface area contributed by atoms with E-state index in [1.165, 1.54) is 9.16 Å². The second-order valence-electron chi connectivity index (χ2n) is 9.50. The molecule has 6 nitrogen and oxygen atoms in total. The summed E-state index contributed by atoms with van der Waals surface area (Å²) in [5.74, 6) is 1.38. The molecule has 2 aliphatic rings. The molecular weight excluding hydrogens is 486 g/mol. The van der Waals surface area contributed by atoms with Gasteiger partial charge in [-0.25, -0.2) is 0 Å². The fourth-order valence-corrected chi connectivity index (χ4v) is 11.1. The monoisotopic (exact) mass is 526 g/mol. The number of nitrogens with zero attached hydrogens (tertiary/aromatic N) is 2. The van der Waals surface area contributed by atoms with Gasteiger partial charge in [0, 0.05) is 0 Å². The molecule has 1 aliphatic carbocycles. The summed E-state index contributed by atoms with van der Waals surface area (Å²) in [4.78, 5) is 38.1. The normalized spacial score (nSPS) is 23.2. The van der Waals surface area contributed by atoms with E-state index in [0.29, 0.717) is 12.8 Å². The van der Waals surface area contributed by atoms with Crippen LogP contribution < -0.4 is 0 Å². The van der Waals surface area contributed by atoms with Gasteiger partial charge in [-0.05, 0) is 0 Å². The van der Waals surface area contributed by atoms with Gasteiger partial charge >= 0.3 is 187 Å². The van der Waals surface area contributed by atoms with E-state index in [0.717, 1.165) is 25.1 Å². The fourth-order valence-electron chi connectivity index (χ4n) is 4.83. The van der Waals surface area contributed by atoms with Crippen LogP contribution >= 0.6 is 0 Å². The van der Waals surface area contributed by atoms with Crippen molar-refractivity contribution >= 4 is 37.3 Å². The minimum absolute atomic E-state index is 0.170. The molecule has 168 valence electrons. The molecule has 0 aromatic heterocycles. The summed E-state index contributed by atoms with van der Waals surface area (Å²) in [5, 5.41) is 0. The molecule has 1 saturated carbocycles. The predicted molar refractivity (Wildman–Crippen MR) is 125 cm³/mol. The maximum absolute atomic E-state index is 13.1. The van der Waals surface area contributed by atoms with Crippen molar-refractivity contribution in [3.8, 4) is 0 Å². The summed E-state index contributed by atoms with van der Waals surface area (Å²) < 4.78 is 12.3. The van der Waals surface area contributed by atoms with Crippen molar-refractivity contribution in [2.45, 2.75) is 54.9 Å². The van der Waals surface area contributed by atoms with Crippen LogP contribution in [0, 0.1) is 5.41 Å². The third kappa shape index (κ3) is 5.15. The third-order valence-electron chi connectivity index (χ3n) is 6.37. The number of hydrogen-bond acceptors (Lipinski definition) is 6. The van der Waals surface area contributed by atoms with Gasteiger partial charge in [0.25, 0.3) is 0 Å². The van der Waals surface area contributed by atoms with Gasteiger partial charge in [-0.1, -0.05) is 0 Å². The van der Waals surface area contributed by atoms with Crippen molar-refractivity contribution in [2.75, 3.05) is 40.4 Å². The molecule has 0 N–H and O–H groups in total. The average Bonchev–Trinajstić information content (AvgIpc) is 3.18. The molecule has 0 radical (unpaired) electrons. The molecule has 0 aromatic carbocycles. The standard InChI is InChI=1S/C19H30BN2O4.3CH3.Sn/c1-6-9-15-12-19(17(23)25-7-2,18(24)26-8-3)13-16(15)14-20-21(4)10-11-22(20)5;;;;/h14H,6-8,10-13H2,1-5H3;3*1H3;. The van der Waals surface area contributed by atoms with Crippen molar-refractivity contribution in [1.29, 1.82) is 0 Å². The molecule has 0 spiro atoms. The van der Waals surface area contributed by atoms with Crippen LogP contribution in [0.1, 0.15) is 40.0 Å². The summed E-state index contributed by atoms with van der Waals surface area (Å²) in [6.45, 7) is 8.45. The van der Waals surface area contributed by atoms with Crippen molar-refractivity contribution in [1.82, 2.24) is 9.62 Å². The number of carbonyl (C=O) groups excluding carboxylic acids is 2. The van der Waals surface area contributed by atoms with E-state index in [4.69, 9.17) is 9.47 Å². The van der Waals surface area contributed by atoms with Crippen molar-refractivity contribution < 1.29 is 19.1 Å². The predicted octanol–water partition coefficient (Wildman–Crippen LogP) is 3.31. The van der Waals surface area contributed by atoms with E-state index >= 15 is 0 Å². The molecule has 1 heterocycles. The minimum atomic E-state index is -2.46. The molecule has 0 aromatic rings. The van der Waals surface area contributed by atoms with Gasteiger partial charge < -0.3 is 0 Å². The van der Waals surface area contributed by atoms with Gasteiger partial charge in [-0.3, -0.25) is 0 Å². The molecule has 2 rings (SSSR count). The Kier molecular flexibility index (Phi) is 8.67. The molecule has 0 bridgehead atoms. The van der Waals surface area contributed by atoms with Crippen LogP contribution in [0.4, 0.5) is 0 Å². The Labute approximate surface area is 187 Å². The van der Waals surface area contributed by atoms with Gasteiger partial charge in [0.2, 0.25) is 0 Å². The van der Waals surface area contributed by atoms with Crippen molar-refractivity contribution in [2.24, 2.45) is 5.41 Å². The third-order valence-corrected chi connectivity index (χ3v) is 13.4. The molecule has 30 heavy (non-hydrogen) atoms. The van der Waals surface area contributed by atoms with Crippen LogP contribution in [0.25, 0.3) is 0 Å². The molecule has 0 amide bonds. The zero-order valence-electron chi connectivity index (χ0n) is 20.1. The first-order chi connectivity index (χ1) is 14.0. The van der Waals surface area contributed by atoms with E-state index in [-0.39, 0.29) is 20.2 Å². The molecule has 0 unspecified atom stereocenters. The number of esters is 2. The van der Waals surface area contributed by atoms with Gasteiger partial charge in [0.1, 0.15) is 0 Å². The zero-order valence-corrected chi connectivity index (χ0v) is 23.0. The summed E-state index contributed by atoms with van der Waals surface area (Å²) in [5.41, 5.74) is 1.08. The first-order valence-electron chi connectivity index (χ1n) is 11.2.